The van der Waals surface area contributed by atoms with Crippen molar-refractivity contribution in [1.82, 2.24) is 9.99 Å². The molecule has 2 heterocycles. The lowest BCUT2D eigenvalue weighted by Gasteiger charge is -2.23. The molecule has 3 aromatic rings. The molecule has 2 amide bonds. The zero-order chi connectivity index (χ0) is 23.2. The second kappa shape index (κ2) is 10.3. The van der Waals surface area contributed by atoms with Crippen molar-refractivity contribution in [3.8, 4) is 11.5 Å². The molecule has 0 atom stereocenters. The molecule has 0 aliphatic carbocycles. The van der Waals surface area contributed by atoms with Crippen LogP contribution in [-0.4, -0.2) is 53.4 Å². The topological polar surface area (TPSA) is 96.0 Å². The summed E-state index contributed by atoms with van der Waals surface area (Å²) in [7, 11) is 3.18. The van der Waals surface area contributed by atoms with Crippen LogP contribution in [0.4, 0.5) is 10.5 Å². The normalized spacial score (nSPS) is 13.5. The molecule has 0 fully saturated rings. The van der Waals surface area contributed by atoms with Gasteiger partial charge in [0.05, 0.1) is 19.9 Å². The van der Waals surface area contributed by atoms with Crippen LogP contribution in [-0.2, 0) is 6.42 Å². The molecule has 0 saturated heterocycles. The second-order valence-electron chi connectivity index (χ2n) is 7.28. The summed E-state index contributed by atoms with van der Waals surface area (Å²) in [6, 6.07) is 16.7. The average Bonchev–Trinajstić information content (AvgIpc) is 3.39. The molecule has 1 aromatic heterocycles. The van der Waals surface area contributed by atoms with E-state index in [1.54, 1.807) is 32.5 Å². The fourth-order valence-corrected chi connectivity index (χ4v) is 4.14. The van der Waals surface area contributed by atoms with Crippen LogP contribution in [0.15, 0.2) is 65.9 Å². The van der Waals surface area contributed by atoms with Gasteiger partial charge in [0.15, 0.2) is 11.5 Å². The number of anilines is 1. The summed E-state index contributed by atoms with van der Waals surface area (Å²) in [4.78, 5) is 27.4. The first kappa shape index (κ1) is 22.5. The number of aromatic amines is 1. The van der Waals surface area contributed by atoms with E-state index < -0.39 is 0 Å². The number of rotatable bonds is 8. The summed E-state index contributed by atoms with van der Waals surface area (Å²) < 4.78 is 10.7. The third-order valence-corrected chi connectivity index (χ3v) is 6.04. The van der Waals surface area contributed by atoms with E-state index >= 15 is 0 Å². The number of thioether (sulfide) groups is 1. The zero-order valence-corrected chi connectivity index (χ0v) is 19.1. The third kappa shape index (κ3) is 5.38. The van der Waals surface area contributed by atoms with Gasteiger partial charge in [0.1, 0.15) is 5.69 Å². The molecule has 1 aliphatic rings. The minimum absolute atomic E-state index is 0.0749. The number of aromatic nitrogens is 1. The van der Waals surface area contributed by atoms with Gasteiger partial charge in [-0.2, -0.15) is 5.10 Å². The summed E-state index contributed by atoms with van der Waals surface area (Å²) in [6.07, 6.45) is 2.34. The van der Waals surface area contributed by atoms with E-state index in [2.05, 4.69) is 15.4 Å². The van der Waals surface area contributed by atoms with Crippen molar-refractivity contribution in [2.24, 2.45) is 5.10 Å². The lowest BCUT2D eigenvalue weighted by molar-refractivity contribution is 0.102. The lowest BCUT2D eigenvalue weighted by atomic mass is 10.1. The van der Waals surface area contributed by atoms with E-state index in [0.29, 0.717) is 41.6 Å². The maximum Gasteiger partial charge on any atom is 0.302 e. The number of carbonyl (C=O) groups is 2. The first-order valence-corrected chi connectivity index (χ1v) is 11.3. The van der Waals surface area contributed by atoms with Crippen LogP contribution in [0.2, 0.25) is 0 Å². The molecule has 8 nitrogen and oxygen atoms in total. The summed E-state index contributed by atoms with van der Waals surface area (Å²) in [6.45, 7) is 0.455. The summed E-state index contributed by atoms with van der Waals surface area (Å²) in [5.41, 5.74) is 3.95. The molecule has 0 spiro atoms. The number of hydrazone groups is 1. The van der Waals surface area contributed by atoms with Crippen LogP contribution in [0.5, 0.6) is 11.5 Å². The molecule has 9 heteroatoms. The van der Waals surface area contributed by atoms with Gasteiger partial charge < -0.3 is 19.8 Å². The Bertz CT molecular complexity index is 1160. The van der Waals surface area contributed by atoms with E-state index in [9.17, 15) is 9.59 Å². The highest BCUT2D eigenvalue weighted by Crippen LogP contribution is 2.29. The molecular weight excluding hydrogens is 440 g/mol. The van der Waals surface area contributed by atoms with Crippen LogP contribution in [0, 0.1) is 0 Å². The fourth-order valence-electron chi connectivity index (χ4n) is 3.38. The van der Waals surface area contributed by atoms with Crippen molar-refractivity contribution >= 4 is 34.3 Å². The monoisotopic (exact) mass is 464 g/mol. The molecule has 1 aliphatic heterocycles. The largest absolute Gasteiger partial charge is 0.493 e. The second-order valence-corrected chi connectivity index (χ2v) is 8.21. The summed E-state index contributed by atoms with van der Waals surface area (Å²) in [5.74, 6) is 1.57. The molecule has 0 radical (unpaired) electrons. The number of methoxy groups -OCH3 is 2. The molecule has 0 unspecified atom stereocenters. The van der Waals surface area contributed by atoms with Crippen LogP contribution in [0.1, 0.15) is 21.6 Å². The predicted octanol–water partition coefficient (Wildman–Crippen LogP) is 4.40. The number of benzene rings is 2. The van der Waals surface area contributed by atoms with Gasteiger partial charge in [0.25, 0.3) is 5.91 Å². The molecule has 0 saturated carbocycles. The number of nitrogens with one attached hydrogen (secondary N) is 2. The van der Waals surface area contributed by atoms with Crippen molar-refractivity contribution in [3.05, 3.63) is 77.6 Å². The molecular formula is C24H24N4O4S. The highest BCUT2D eigenvalue weighted by atomic mass is 32.2. The van der Waals surface area contributed by atoms with Crippen LogP contribution in [0.3, 0.4) is 0 Å². The van der Waals surface area contributed by atoms with Crippen molar-refractivity contribution < 1.29 is 19.1 Å². The smallest absolute Gasteiger partial charge is 0.302 e. The van der Waals surface area contributed by atoms with Crippen molar-refractivity contribution in [2.45, 2.75) is 6.42 Å². The van der Waals surface area contributed by atoms with Crippen molar-refractivity contribution in [3.63, 3.8) is 0 Å². The number of H-pyrrole nitrogens is 1. The van der Waals surface area contributed by atoms with Gasteiger partial charge >= 0.3 is 5.24 Å². The van der Waals surface area contributed by atoms with Gasteiger partial charge in [0, 0.05) is 29.7 Å². The summed E-state index contributed by atoms with van der Waals surface area (Å²) >= 11 is 1.23. The van der Waals surface area contributed by atoms with Gasteiger partial charge in [0.2, 0.25) is 0 Å². The van der Waals surface area contributed by atoms with Gasteiger partial charge in [-0.25, -0.2) is 5.01 Å². The number of ether oxygens (including phenoxy) is 2. The van der Waals surface area contributed by atoms with Crippen LogP contribution in [0.25, 0.3) is 0 Å². The van der Waals surface area contributed by atoms with Gasteiger partial charge in [-0.15, -0.1) is 0 Å². The van der Waals surface area contributed by atoms with E-state index in [4.69, 9.17) is 9.47 Å². The van der Waals surface area contributed by atoms with Gasteiger partial charge in [-0.3, -0.25) is 9.59 Å². The van der Waals surface area contributed by atoms with Gasteiger partial charge in [-0.05, 0) is 54.4 Å². The highest BCUT2D eigenvalue weighted by molar-refractivity contribution is 8.14. The quantitative estimate of drug-likeness (QED) is 0.515. The molecule has 4 rings (SSSR count). The van der Waals surface area contributed by atoms with Crippen LogP contribution >= 0.6 is 11.8 Å². The zero-order valence-electron chi connectivity index (χ0n) is 18.3. The van der Waals surface area contributed by atoms with E-state index in [0.717, 1.165) is 16.8 Å². The standard InChI is InChI=1S/C24H24N4O4S/c1-31-21-10-7-17(14-22(21)32-2)20-15-33-24(30)28(27-20)13-11-16-5-8-18(9-6-16)26-23(29)19-4-3-12-25-19/h3-10,12,14,25H,11,13,15H2,1-2H3,(H,26,29). The Labute approximate surface area is 196 Å². The Balaban J connectivity index is 1.40. The minimum Gasteiger partial charge on any atom is -0.493 e. The van der Waals surface area contributed by atoms with Crippen molar-refractivity contribution in [1.29, 1.82) is 0 Å². The Morgan fingerprint density at radius 2 is 1.91 bits per heavy atom. The Kier molecular flexibility index (Phi) is 6.99. The van der Waals surface area contributed by atoms with E-state index in [1.807, 2.05) is 42.5 Å². The van der Waals surface area contributed by atoms with Crippen molar-refractivity contribution in [2.75, 3.05) is 31.8 Å². The minimum atomic E-state index is -0.194. The number of carbonyl (C=O) groups excluding carboxylic acids is 2. The summed E-state index contributed by atoms with van der Waals surface area (Å²) in [5, 5.41) is 8.86. The average molecular weight is 465 g/mol. The number of amides is 2. The molecule has 2 aromatic carbocycles. The van der Waals surface area contributed by atoms with Crippen LogP contribution < -0.4 is 14.8 Å². The molecule has 33 heavy (non-hydrogen) atoms. The number of hydrogen-bond acceptors (Lipinski definition) is 6. The Hall–Kier alpha value is -3.72. The number of hydrogen-bond donors (Lipinski definition) is 2. The van der Waals surface area contributed by atoms with E-state index in [1.165, 1.54) is 16.8 Å². The number of nitrogens with zero attached hydrogens (tertiary/aromatic N) is 2. The Morgan fingerprint density at radius 3 is 2.61 bits per heavy atom. The highest BCUT2D eigenvalue weighted by Gasteiger charge is 2.22. The lowest BCUT2D eigenvalue weighted by Crippen LogP contribution is -2.31. The van der Waals surface area contributed by atoms with Gasteiger partial charge in [-0.1, -0.05) is 23.9 Å². The van der Waals surface area contributed by atoms with E-state index in [-0.39, 0.29) is 11.1 Å². The molecule has 0 bridgehead atoms. The first-order chi connectivity index (χ1) is 16.1. The maximum absolute atomic E-state index is 12.4. The maximum atomic E-state index is 12.4. The fraction of sp³-hybridized carbons (Fsp3) is 0.208. The molecule has 170 valence electrons. The molecule has 2 N–H and O–H groups in total. The predicted molar refractivity (Wildman–Crippen MR) is 130 cm³/mol. The first-order valence-electron chi connectivity index (χ1n) is 10.3. The SMILES string of the molecule is COc1ccc(C2=NN(CCc3ccc(NC(=O)c4ccc[nH]4)cc3)C(=O)SC2)cc1OC. The Morgan fingerprint density at radius 1 is 1.12 bits per heavy atom. The third-order valence-electron chi connectivity index (χ3n) is 5.17.